The van der Waals surface area contributed by atoms with E-state index in [1.807, 2.05) is 13.1 Å². The Hall–Kier alpha value is -1.40. The summed E-state index contributed by atoms with van der Waals surface area (Å²) in [6.07, 6.45) is 3.54. The highest BCUT2D eigenvalue weighted by atomic mass is 32.2. The minimum Gasteiger partial charge on any atom is -0.379 e. The molecule has 0 amide bonds. The Morgan fingerprint density at radius 3 is 2.48 bits per heavy atom. The van der Waals surface area contributed by atoms with Crippen LogP contribution in [-0.2, 0) is 22.8 Å². The lowest BCUT2D eigenvalue weighted by molar-refractivity contribution is 0.595. The van der Waals surface area contributed by atoms with Crippen LogP contribution in [0.4, 0.5) is 5.69 Å². The van der Waals surface area contributed by atoms with Crippen molar-refractivity contribution >= 4 is 26.9 Å². The second kappa shape index (κ2) is 7.04. The minimum atomic E-state index is -3.13. The van der Waals surface area contributed by atoms with Crippen LogP contribution < -0.4 is 5.32 Å². The molecule has 0 aliphatic heterocycles. The van der Waals surface area contributed by atoms with Gasteiger partial charge in [-0.3, -0.25) is 0 Å². The summed E-state index contributed by atoms with van der Waals surface area (Å²) < 4.78 is 23.9. The van der Waals surface area contributed by atoms with Gasteiger partial charge >= 0.3 is 0 Å². The van der Waals surface area contributed by atoms with Gasteiger partial charge in [0.1, 0.15) is 5.01 Å². The lowest BCUT2D eigenvalue weighted by Gasteiger charge is -2.06. The predicted molar refractivity (Wildman–Crippen MR) is 87.6 cm³/mol. The molecule has 1 heterocycles. The monoisotopic (exact) mass is 324 g/mol. The normalized spacial score (nSPS) is 11.5. The minimum absolute atomic E-state index is 0.193. The molecule has 0 unspecified atom stereocenters. The Balaban J connectivity index is 1.99. The first-order valence-corrected chi connectivity index (χ1v) is 9.52. The maximum absolute atomic E-state index is 11.9. The van der Waals surface area contributed by atoms with Crippen LogP contribution in [0.25, 0.3) is 0 Å². The molecule has 0 spiro atoms. The van der Waals surface area contributed by atoms with Crippen molar-refractivity contribution in [2.45, 2.75) is 38.1 Å². The first-order chi connectivity index (χ1) is 10.0. The Morgan fingerprint density at radius 2 is 1.90 bits per heavy atom. The molecule has 6 heteroatoms. The van der Waals surface area contributed by atoms with Gasteiger partial charge in [-0.1, -0.05) is 13.8 Å². The Kier molecular flexibility index (Phi) is 5.36. The number of sulfone groups is 1. The van der Waals surface area contributed by atoms with Gasteiger partial charge in [0.05, 0.1) is 17.2 Å². The zero-order chi connectivity index (χ0) is 15.3. The van der Waals surface area contributed by atoms with Crippen molar-refractivity contribution in [3.8, 4) is 0 Å². The fourth-order valence-corrected chi connectivity index (χ4v) is 4.06. The fraction of sp³-hybridized carbons (Fsp3) is 0.400. The van der Waals surface area contributed by atoms with E-state index in [0.29, 0.717) is 17.9 Å². The van der Waals surface area contributed by atoms with Crippen LogP contribution in [0.1, 0.15) is 30.2 Å². The van der Waals surface area contributed by atoms with E-state index in [-0.39, 0.29) is 5.75 Å². The Labute approximate surface area is 130 Å². The van der Waals surface area contributed by atoms with Crippen LogP contribution in [-0.4, -0.2) is 19.2 Å². The third-order valence-electron chi connectivity index (χ3n) is 3.08. The van der Waals surface area contributed by atoms with Crippen LogP contribution in [0, 0.1) is 0 Å². The zero-order valence-corrected chi connectivity index (χ0v) is 13.9. The maximum Gasteiger partial charge on any atom is 0.178 e. The molecular weight excluding hydrogens is 304 g/mol. The van der Waals surface area contributed by atoms with Crippen molar-refractivity contribution in [1.29, 1.82) is 0 Å². The van der Waals surface area contributed by atoms with Crippen LogP contribution >= 0.6 is 11.3 Å². The van der Waals surface area contributed by atoms with Crippen molar-refractivity contribution in [3.05, 3.63) is 40.3 Å². The van der Waals surface area contributed by atoms with Crippen molar-refractivity contribution in [2.24, 2.45) is 0 Å². The van der Waals surface area contributed by atoms with Gasteiger partial charge in [-0.2, -0.15) is 0 Å². The molecule has 0 radical (unpaired) electrons. The van der Waals surface area contributed by atoms with E-state index in [1.54, 1.807) is 35.6 Å². The lowest BCUT2D eigenvalue weighted by atomic mass is 10.3. The fourth-order valence-electron chi connectivity index (χ4n) is 1.94. The average Bonchev–Trinajstić information content (AvgIpc) is 2.93. The molecule has 2 rings (SSSR count). The number of aromatic nitrogens is 1. The van der Waals surface area contributed by atoms with Crippen LogP contribution in [0.3, 0.4) is 0 Å². The molecule has 2 aromatic rings. The second-order valence-corrected chi connectivity index (χ2v) is 8.08. The second-order valence-electron chi connectivity index (χ2n) is 4.77. The third kappa shape index (κ3) is 4.28. The van der Waals surface area contributed by atoms with Gasteiger partial charge in [0.15, 0.2) is 9.84 Å². The summed E-state index contributed by atoms with van der Waals surface area (Å²) in [6, 6.07) is 6.92. The standard InChI is InChI=1S/C15H20N2O2S2/c1-3-9-21(18,19)14-7-5-12(6-8-14)16-11-15-17-10-13(4-2)20-15/h5-8,10,16H,3-4,9,11H2,1-2H3. The lowest BCUT2D eigenvalue weighted by Crippen LogP contribution is -2.06. The average molecular weight is 324 g/mol. The van der Waals surface area contributed by atoms with E-state index >= 15 is 0 Å². The number of benzene rings is 1. The summed E-state index contributed by atoms with van der Waals surface area (Å²) in [5, 5.41) is 4.30. The predicted octanol–water partition coefficient (Wildman–Crippen LogP) is 3.50. The first kappa shape index (κ1) is 16.0. The van der Waals surface area contributed by atoms with Gasteiger partial charge in [0.2, 0.25) is 0 Å². The van der Waals surface area contributed by atoms with Crippen molar-refractivity contribution in [1.82, 2.24) is 4.98 Å². The molecule has 0 atom stereocenters. The van der Waals surface area contributed by atoms with Gasteiger partial charge in [-0.25, -0.2) is 13.4 Å². The Bertz CT molecular complexity index is 676. The van der Waals surface area contributed by atoms with Crippen molar-refractivity contribution in [3.63, 3.8) is 0 Å². The highest BCUT2D eigenvalue weighted by Crippen LogP contribution is 2.18. The number of thiazole rings is 1. The van der Waals surface area contributed by atoms with E-state index in [4.69, 9.17) is 0 Å². The summed E-state index contributed by atoms with van der Waals surface area (Å²) in [5.74, 6) is 0.193. The topological polar surface area (TPSA) is 59.1 Å². The third-order valence-corrected chi connectivity index (χ3v) is 6.16. The molecule has 114 valence electrons. The van der Waals surface area contributed by atoms with Crippen LogP contribution in [0.2, 0.25) is 0 Å². The number of nitrogens with zero attached hydrogens (tertiary/aromatic N) is 1. The Morgan fingerprint density at radius 1 is 1.19 bits per heavy atom. The van der Waals surface area contributed by atoms with E-state index in [2.05, 4.69) is 17.2 Å². The van der Waals surface area contributed by atoms with E-state index in [0.717, 1.165) is 17.1 Å². The number of hydrogen-bond donors (Lipinski definition) is 1. The summed E-state index contributed by atoms with van der Waals surface area (Å²) in [4.78, 5) is 6.00. The van der Waals surface area contributed by atoms with Gasteiger partial charge in [-0.15, -0.1) is 11.3 Å². The molecule has 0 saturated heterocycles. The highest BCUT2D eigenvalue weighted by Gasteiger charge is 2.12. The molecule has 1 aromatic carbocycles. The number of nitrogens with one attached hydrogen (secondary N) is 1. The summed E-state index contributed by atoms with van der Waals surface area (Å²) >= 11 is 1.70. The molecule has 4 nitrogen and oxygen atoms in total. The number of hydrogen-bond acceptors (Lipinski definition) is 5. The van der Waals surface area contributed by atoms with Crippen molar-refractivity contribution in [2.75, 3.05) is 11.1 Å². The van der Waals surface area contributed by atoms with E-state index in [1.165, 1.54) is 4.88 Å². The molecule has 1 aromatic heterocycles. The molecule has 0 bridgehead atoms. The van der Waals surface area contributed by atoms with Crippen molar-refractivity contribution < 1.29 is 8.42 Å². The van der Waals surface area contributed by atoms with Gasteiger partial charge in [-0.05, 0) is 37.1 Å². The molecule has 0 aliphatic rings. The largest absolute Gasteiger partial charge is 0.379 e. The first-order valence-electron chi connectivity index (χ1n) is 7.05. The summed E-state index contributed by atoms with van der Waals surface area (Å²) in [5.41, 5.74) is 0.902. The maximum atomic E-state index is 11.9. The van der Waals surface area contributed by atoms with Gasteiger partial charge in [0, 0.05) is 16.8 Å². The van der Waals surface area contributed by atoms with E-state index in [9.17, 15) is 8.42 Å². The summed E-state index contributed by atoms with van der Waals surface area (Å²) in [7, 11) is -3.13. The highest BCUT2D eigenvalue weighted by molar-refractivity contribution is 7.91. The molecule has 0 saturated carbocycles. The number of aryl methyl sites for hydroxylation is 1. The quantitative estimate of drug-likeness (QED) is 0.847. The summed E-state index contributed by atoms with van der Waals surface area (Å²) in [6.45, 7) is 4.64. The van der Waals surface area contributed by atoms with E-state index < -0.39 is 9.84 Å². The number of rotatable bonds is 7. The molecule has 0 aliphatic carbocycles. The molecule has 1 N–H and O–H groups in total. The number of anilines is 1. The molecular formula is C15H20N2O2S2. The van der Waals surface area contributed by atoms with Crippen LogP contribution in [0.5, 0.6) is 0 Å². The van der Waals surface area contributed by atoms with Gasteiger partial charge < -0.3 is 5.32 Å². The molecule has 21 heavy (non-hydrogen) atoms. The van der Waals surface area contributed by atoms with Crippen LogP contribution in [0.15, 0.2) is 35.4 Å². The smallest absolute Gasteiger partial charge is 0.178 e. The van der Waals surface area contributed by atoms with Gasteiger partial charge in [0.25, 0.3) is 0 Å². The zero-order valence-electron chi connectivity index (χ0n) is 12.3. The SMILES string of the molecule is CCCS(=O)(=O)c1ccc(NCc2ncc(CC)s2)cc1. The molecule has 0 fully saturated rings.